The first-order valence-electron chi connectivity index (χ1n) is 6.90. The van der Waals surface area contributed by atoms with Crippen molar-refractivity contribution in [2.45, 2.75) is 0 Å². The van der Waals surface area contributed by atoms with Crippen LogP contribution in [0.25, 0.3) is 0 Å². The molecule has 0 aliphatic rings. The molecule has 27 heteroatoms. The Bertz CT molecular complexity index is 476. The molecular formula is C12H24CaCo2N4O20. The Morgan fingerprint density at radius 2 is 0.385 bits per heavy atom. The SMILES string of the molecule is NCCN.NCCN.O.O.O.O.O=C([O-])C(=O)[O-].O=C([O-])C(=O)[O-].O=C([O-])C(=O)[O-].O=C([O-])C(=O)[O-].[Ca+2].[Co+3].[Co+3]. The molecule has 0 aromatic rings. The Balaban J connectivity index is -0.0000000184. The molecule has 0 spiro atoms. The van der Waals surface area contributed by atoms with Crippen LogP contribution in [0, 0.1) is 0 Å². The number of hydrogen-bond donors (Lipinski definition) is 4. The van der Waals surface area contributed by atoms with Gasteiger partial charge < -0.3 is 124 Å². The number of carboxylic acid groups (broad SMARTS) is 8. The molecule has 0 bridgehead atoms. The molecule has 0 fully saturated rings. The molecule has 232 valence electrons. The van der Waals surface area contributed by atoms with E-state index < -0.39 is 47.8 Å². The van der Waals surface area contributed by atoms with E-state index in [9.17, 15) is 0 Å². The van der Waals surface area contributed by atoms with Crippen molar-refractivity contribution in [3.63, 3.8) is 0 Å². The van der Waals surface area contributed by atoms with Crippen molar-refractivity contribution in [2.24, 2.45) is 22.9 Å². The molecule has 0 aromatic carbocycles. The Kier molecular flexibility index (Phi) is 139. The second kappa shape index (κ2) is 65.1. The average molecular weight is 702 g/mol. The van der Waals surface area contributed by atoms with Crippen LogP contribution < -0.4 is 63.8 Å². The van der Waals surface area contributed by atoms with E-state index >= 15 is 0 Å². The Labute approximate surface area is 267 Å². The summed E-state index contributed by atoms with van der Waals surface area (Å²) in [6.07, 6.45) is 0. The number of carboxylic acids is 8. The van der Waals surface area contributed by atoms with Gasteiger partial charge in [0.25, 0.3) is 0 Å². The van der Waals surface area contributed by atoms with Crippen LogP contribution in [-0.2, 0) is 71.9 Å². The van der Waals surface area contributed by atoms with Crippen LogP contribution in [0.15, 0.2) is 0 Å². The maximum atomic E-state index is 8.93. The third-order valence-corrected chi connectivity index (χ3v) is 1.000. The first kappa shape index (κ1) is 83.3. The zero-order valence-corrected chi connectivity index (χ0v) is 23.3. The number of carbonyl (C=O) groups is 8. The third kappa shape index (κ3) is 164. The van der Waals surface area contributed by atoms with Gasteiger partial charge in [-0.1, -0.05) is 0 Å². The van der Waals surface area contributed by atoms with Gasteiger partial charge in [-0.3, -0.25) is 0 Å². The fraction of sp³-hybridized carbons (Fsp3) is 0.333. The van der Waals surface area contributed by atoms with Crippen molar-refractivity contribution in [1.82, 2.24) is 0 Å². The van der Waals surface area contributed by atoms with Crippen LogP contribution in [0.3, 0.4) is 0 Å². The summed E-state index contributed by atoms with van der Waals surface area (Å²) in [5, 5.41) is 71.4. The molecule has 0 unspecified atom stereocenters. The summed E-state index contributed by atoms with van der Waals surface area (Å²) >= 11 is 0. The number of rotatable bonds is 2. The van der Waals surface area contributed by atoms with Crippen molar-refractivity contribution in [2.75, 3.05) is 26.2 Å². The maximum Gasteiger partial charge on any atom is 3.00 e. The predicted octanol–water partition coefficient (Wildman–Crippen LogP) is -19.9. The van der Waals surface area contributed by atoms with E-state index in [1.54, 1.807) is 0 Å². The Hall–Kier alpha value is -2.29. The van der Waals surface area contributed by atoms with E-state index in [1.807, 2.05) is 0 Å². The molecule has 0 radical (unpaired) electrons. The molecule has 16 N–H and O–H groups in total. The number of aliphatic carboxylic acids is 8. The molecule has 0 amide bonds. The number of hydrogen-bond acceptors (Lipinski definition) is 20. The molecule has 0 aromatic heterocycles. The van der Waals surface area contributed by atoms with E-state index in [1.165, 1.54) is 0 Å². The summed E-state index contributed by atoms with van der Waals surface area (Å²) in [6.45, 7) is 2.39. The molecular weight excluding hydrogens is 678 g/mol. The second-order valence-electron chi connectivity index (χ2n) is 3.45. The van der Waals surface area contributed by atoms with Gasteiger partial charge in [0.2, 0.25) is 0 Å². The average Bonchev–Trinajstić information content (AvgIpc) is 2.69. The number of nitrogens with two attached hydrogens (primary N) is 4. The summed E-state index contributed by atoms with van der Waals surface area (Å²) in [4.78, 5) is 71.4. The van der Waals surface area contributed by atoms with Gasteiger partial charge >= 0.3 is 71.3 Å². The fourth-order valence-corrected chi connectivity index (χ4v) is 0. The molecule has 0 rings (SSSR count). The van der Waals surface area contributed by atoms with E-state index in [4.69, 9.17) is 102 Å². The number of carbonyl (C=O) groups excluding carboxylic acids is 8. The monoisotopic (exact) mass is 702 g/mol. The smallest absolute Gasteiger partial charge is 0.543 e. The van der Waals surface area contributed by atoms with Crippen LogP contribution in [0.5, 0.6) is 0 Å². The molecule has 0 saturated carbocycles. The zero-order valence-electron chi connectivity index (χ0n) is 19.0. The predicted molar refractivity (Wildman–Crippen MR) is 96.5 cm³/mol. The fourth-order valence-electron chi connectivity index (χ4n) is 0. The normalized spacial score (nSPS) is 6.05. The van der Waals surface area contributed by atoms with Crippen molar-refractivity contribution in [1.29, 1.82) is 0 Å². The van der Waals surface area contributed by atoms with E-state index in [-0.39, 0.29) is 93.2 Å². The van der Waals surface area contributed by atoms with E-state index in [2.05, 4.69) is 0 Å². The molecule has 0 aliphatic heterocycles. The van der Waals surface area contributed by atoms with Crippen LogP contribution in [0.4, 0.5) is 0 Å². The van der Waals surface area contributed by atoms with Gasteiger partial charge in [0.15, 0.2) is 0 Å². The van der Waals surface area contributed by atoms with Gasteiger partial charge in [-0.25, -0.2) is 0 Å². The van der Waals surface area contributed by atoms with Gasteiger partial charge in [-0.15, -0.1) is 0 Å². The van der Waals surface area contributed by atoms with Gasteiger partial charge in [-0.2, -0.15) is 0 Å². The van der Waals surface area contributed by atoms with E-state index in [0.29, 0.717) is 26.2 Å². The van der Waals surface area contributed by atoms with Crippen LogP contribution in [-0.4, -0.2) is 134 Å². The quantitative estimate of drug-likeness (QED) is 0.153. The minimum atomic E-state index is -2.19. The summed E-state index contributed by atoms with van der Waals surface area (Å²) in [5.41, 5.74) is 19.6. The van der Waals surface area contributed by atoms with Crippen LogP contribution in [0.1, 0.15) is 0 Å². The Morgan fingerprint density at radius 3 is 0.385 bits per heavy atom. The summed E-state index contributed by atoms with van der Waals surface area (Å²) in [7, 11) is 0. The topological polar surface area (TPSA) is 551 Å². The maximum absolute atomic E-state index is 8.93. The molecule has 24 nitrogen and oxygen atoms in total. The zero-order chi connectivity index (χ0) is 27.4. The molecule has 39 heavy (non-hydrogen) atoms. The van der Waals surface area contributed by atoms with Crippen molar-refractivity contribution < 1.29 is 135 Å². The Morgan fingerprint density at radius 1 is 0.333 bits per heavy atom. The minimum Gasteiger partial charge on any atom is -0.543 e. The van der Waals surface area contributed by atoms with Gasteiger partial charge in [0, 0.05) is 26.2 Å². The first-order chi connectivity index (χ1) is 14.4. The standard InChI is InChI=1S/2C2H8N2.4C2H2O4.Ca.2Co.4H2O/c2*3-1-2-4;4*3-1(4)2(5)6;;;;;;;/h2*1-4H2;4*(H,3,4)(H,5,6);;;;4*1H2/q;;;;;;+2;2*+3;;;;/p-8. The molecule has 0 aliphatic carbocycles. The molecule has 0 heterocycles. The largest absolute Gasteiger partial charge is 3.00 e. The summed E-state index contributed by atoms with van der Waals surface area (Å²) in [6, 6.07) is 0. The second-order valence-corrected chi connectivity index (χ2v) is 3.45. The summed E-state index contributed by atoms with van der Waals surface area (Å²) in [5.74, 6) is -17.5. The van der Waals surface area contributed by atoms with Crippen molar-refractivity contribution in [3.8, 4) is 0 Å². The van der Waals surface area contributed by atoms with Crippen LogP contribution >= 0.6 is 0 Å². The van der Waals surface area contributed by atoms with Crippen molar-refractivity contribution >= 4 is 85.5 Å². The summed E-state index contributed by atoms with van der Waals surface area (Å²) < 4.78 is 0. The van der Waals surface area contributed by atoms with Crippen LogP contribution in [0.2, 0.25) is 0 Å². The van der Waals surface area contributed by atoms with E-state index in [0.717, 1.165) is 0 Å². The molecule has 0 saturated heterocycles. The van der Waals surface area contributed by atoms with Gasteiger partial charge in [0.1, 0.15) is 0 Å². The molecule has 0 atom stereocenters. The first-order valence-corrected chi connectivity index (χ1v) is 6.90. The van der Waals surface area contributed by atoms with Gasteiger partial charge in [-0.05, 0) is 0 Å². The van der Waals surface area contributed by atoms with Gasteiger partial charge in [0.05, 0.1) is 47.8 Å². The van der Waals surface area contributed by atoms with Crippen molar-refractivity contribution in [3.05, 3.63) is 0 Å². The minimum absolute atomic E-state index is 0. The third-order valence-electron chi connectivity index (χ3n) is 1.000.